The number of hydrogen-bond acceptors (Lipinski definition) is 8. The molecule has 0 saturated heterocycles. The highest BCUT2D eigenvalue weighted by molar-refractivity contribution is 7.09. The third-order valence-corrected chi connectivity index (χ3v) is 4.93. The van der Waals surface area contributed by atoms with Crippen molar-refractivity contribution in [1.29, 1.82) is 0 Å². The molecule has 28 heavy (non-hydrogen) atoms. The van der Waals surface area contributed by atoms with E-state index in [1.807, 2.05) is 6.92 Å². The van der Waals surface area contributed by atoms with Crippen molar-refractivity contribution >= 4 is 23.2 Å². The molecular formula is C19H22N2O6S. The summed E-state index contributed by atoms with van der Waals surface area (Å²) in [6, 6.07) is 5.13. The van der Waals surface area contributed by atoms with Crippen LogP contribution in [0.2, 0.25) is 0 Å². The van der Waals surface area contributed by atoms with Crippen molar-refractivity contribution in [3.05, 3.63) is 39.8 Å². The third kappa shape index (κ3) is 4.79. The minimum atomic E-state index is -0.493. The Morgan fingerprint density at radius 2 is 2.11 bits per heavy atom. The van der Waals surface area contributed by atoms with Gasteiger partial charge in [-0.1, -0.05) is 0 Å². The molecule has 0 saturated carbocycles. The first kappa shape index (κ1) is 20.1. The molecular weight excluding hydrogens is 384 g/mol. The number of carbonyl (C=O) groups excluding carboxylic acids is 2. The van der Waals surface area contributed by atoms with E-state index in [-0.39, 0.29) is 18.4 Å². The largest absolute Gasteiger partial charge is 0.464 e. The molecule has 0 unspecified atom stereocenters. The lowest BCUT2D eigenvalue weighted by Crippen LogP contribution is -2.32. The molecule has 2 aromatic rings. The maximum Gasteiger partial charge on any atom is 0.357 e. The number of aromatic nitrogens is 1. The van der Waals surface area contributed by atoms with Crippen LogP contribution in [0.15, 0.2) is 23.6 Å². The van der Waals surface area contributed by atoms with Crippen molar-refractivity contribution in [1.82, 2.24) is 9.88 Å². The van der Waals surface area contributed by atoms with E-state index in [2.05, 4.69) is 9.72 Å². The van der Waals surface area contributed by atoms with Gasteiger partial charge in [-0.3, -0.25) is 4.79 Å². The highest BCUT2D eigenvalue weighted by atomic mass is 32.1. The SMILES string of the molecule is CCOCCCN(Cc1nc(C(=O)OC)cs1)C(=O)c1ccc2c(c1)OCO2. The van der Waals surface area contributed by atoms with Crippen molar-refractivity contribution in [2.45, 2.75) is 19.9 Å². The zero-order valence-electron chi connectivity index (χ0n) is 15.8. The fraction of sp³-hybridized carbons (Fsp3) is 0.421. The molecule has 0 fully saturated rings. The van der Waals surface area contributed by atoms with Crippen LogP contribution in [0.25, 0.3) is 0 Å². The Morgan fingerprint density at radius 1 is 1.29 bits per heavy atom. The minimum Gasteiger partial charge on any atom is -0.464 e. The van der Waals surface area contributed by atoms with E-state index in [4.69, 9.17) is 14.2 Å². The second-order valence-electron chi connectivity index (χ2n) is 5.96. The number of hydrogen-bond donors (Lipinski definition) is 0. The van der Waals surface area contributed by atoms with Gasteiger partial charge in [-0.2, -0.15) is 0 Å². The number of rotatable bonds is 9. The van der Waals surface area contributed by atoms with Gasteiger partial charge in [0.2, 0.25) is 6.79 Å². The van der Waals surface area contributed by atoms with Gasteiger partial charge in [0.15, 0.2) is 17.2 Å². The van der Waals surface area contributed by atoms with Crippen molar-refractivity contribution in [2.24, 2.45) is 0 Å². The Bertz CT molecular complexity index is 838. The molecule has 1 aromatic carbocycles. The molecule has 0 N–H and O–H groups in total. The van der Waals surface area contributed by atoms with Crippen molar-refractivity contribution in [3.63, 3.8) is 0 Å². The fourth-order valence-corrected chi connectivity index (χ4v) is 3.49. The van der Waals surface area contributed by atoms with Gasteiger partial charge in [0, 0.05) is 30.7 Å². The highest BCUT2D eigenvalue weighted by Crippen LogP contribution is 2.33. The molecule has 1 aliphatic rings. The number of fused-ring (bicyclic) bond motifs is 1. The van der Waals surface area contributed by atoms with Gasteiger partial charge in [0.25, 0.3) is 5.91 Å². The van der Waals surface area contributed by atoms with Crippen molar-refractivity contribution < 1.29 is 28.5 Å². The topological polar surface area (TPSA) is 87.2 Å². The van der Waals surface area contributed by atoms with Crippen LogP contribution in [-0.2, 0) is 16.0 Å². The summed E-state index contributed by atoms with van der Waals surface area (Å²) in [5.74, 6) is 0.543. The number of esters is 1. The lowest BCUT2D eigenvalue weighted by molar-refractivity contribution is 0.0594. The van der Waals surface area contributed by atoms with Gasteiger partial charge in [-0.15, -0.1) is 11.3 Å². The average Bonchev–Trinajstić information content (AvgIpc) is 3.37. The van der Waals surface area contributed by atoms with Crippen molar-refractivity contribution in [3.8, 4) is 11.5 Å². The van der Waals surface area contributed by atoms with E-state index >= 15 is 0 Å². The first-order valence-electron chi connectivity index (χ1n) is 8.91. The molecule has 0 atom stereocenters. The zero-order chi connectivity index (χ0) is 19.9. The van der Waals surface area contributed by atoms with E-state index in [0.717, 1.165) is 0 Å². The summed E-state index contributed by atoms with van der Waals surface area (Å²) in [5, 5.41) is 2.29. The molecule has 9 heteroatoms. The first-order chi connectivity index (χ1) is 13.6. The number of nitrogens with zero attached hydrogens (tertiary/aromatic N) is 2. The summed E-state index contributed by atoms with van der Waals surface area (Å²) < 4.78 is 20.7. The predicted octanol–water partition coefficient (Wildman–Crippen LogP) is 2.73. The molecule has 1 aromatic heterocycles. The van der Waals surface area contributed by atoms with E-state index in [0.29, 0.717) is 54.8 Å². The summed E-state index contributed by atoms with van der Waals surface area (Å²) in [5.41, 5.74) is 0.748. The molecule has 3 rings (SSSR count). The fourth-order valence-electron chi connectivity index (χ4n) is 2.71. The maximum atomic E-state index is 13.1. The molecule has 8 nitrogen and oxygen atoms in total. The molecule has 0 radical (unpaired) electrons. The van der Waals surface area contributed by atoms with Crippen LogP contribution in [0.3, 0.4) is 0 Å². The van der Waals surface area contributed by atoms with Gasteiger partial charge in [0.1, 0.15) is 5.01 Å². The molecule has 0 bridgehead atoms. The average molecular weight is 406 g/mol. The van der Waals surface area contributed by atoms with Gasteiger partial charge in [-0.05, 0) is 31.5 Å². The highest BCUT2D eigenvalue weighted by Gasteiger charge is 2.22. The standard InChI is InChI=1S/C19H22N2O6S/c1-3-25-8-4-7-21(10-17-20-14(11-28-17)19(23)24-2)18(22)13-5-6-15-16(9-13)27-12-26-15/h5-6,9,11H,3-4,7-8,10,12H2,1-2H3. The number of carbonyl (C=O) groups is 2. The Labute approximate surface area is 167 Å². The minimum absolute atomic E-state index is 0.149. The molecule has 0 aliphatic carbocycles. The lowest BCUT2D eigenvalue weighted by Gasteiger charge is -2.22. The number of thiazole rings is 1. The number of amides is 1. The van der Waals surface area contributed by atoms with Crippen molar-refractivity contribution in [2.75, 3.05) is 33.7 Å². The van der Waals surface area contributed by atoms with E-state index in [1.165, 1.54) is 18.4 Å². The Balaban J connectivity index is 1.74. The maximum absolute atomic E-state index is 13.1. The summed E-state index contributed by atoms with van der Waals surface area (Å²) in [6.45, 7) is 4.07. The summed E-state index contributed by atoms with van der Waals surface area (Å²) in [6.07, 6.45) is 0.694. The number of methoxy groups -OCH3 is 1. The monoisotopic (exact) mass is 406 g/mol. The lowest BCUT2D eigenvalue weighted by atomic mass is 10.1. The number of ether oxygens (including phenoxy) is 4. The normalized spacial score (nSPS) is 12.1. The van der Waals surface area contributed by atoms with Crippen LogP contribution in [0.1, 0.15) is 39.2 Å². The van der Waals surface area contributed by atoms with E-state index < -0.39 is 5.97 Å². The van der Waals surface area contributed by atoms with Gasteiger partial charge in [0.05, 0.1) is 13.7 Å². The van der Waals surface area contributed by atoms with Crippen LogP contribution >= 0.6 is 11.3 Å². The second-order valence-corrected chi connectivity index (χ2v) is 6.91. The van der Waals surface area contributed by atoms with Gasteiger partial charge in [-0.25, -0.2) is 9.78 Å². The van der Waals surface area contributed by atoms with E-state index in [9.17, 15) is 9.59 Å². The smallest absolute Gasteiger partial charge is 0.357 e. The van der Waals surface area contributed by atoms with Gasteiger partial charge >= 0.3 is 5.97 Å². The molecule has 1 aliphatic heterocycles. The summed E-state index contributed by atoms with van der Waals surface area (Å²) in [4.78, 5) is 30.7. The molecule has 150 valence electrons. The Hall–Kier alpha value is -2.65. The predicted molar refractivity (Wildman–Crippen MR) is 102 cm³/mol. The number of benzene rings is 1. The van der Waals surface area contributed by atoms with Crippen LogP contribution in [0, 0.1) is 0 Å². The van der Waals surface area contributed by atoms with Crippen LogP contribution in [0.4, 0.5) is 0 Å². The molecule has 2 heterocycles. The van der Waals surface area contributed by atoms with Gasteiger partial charge < -0.3 is 23.8 Å². The quantitative estimate of drug-likeness (QED) is 0.467. The van der Waals surface area contributed by atoms with E-state index in [1.54, 1.807) is 28.5 Å². The van der Waals surface area contributed by atoms with Crippen LogP contribution in [-0.4, -0.2) is 55.4 Å². The third-order valence-electron chi connectivity index (χ3n) is 4.10. The first-order valence-corrected chi connectivity index (χ1v) is 9.79. The zero-order valence-corrected chi connectivity index (χ0v) is 16.6. The second kappa shape index (κ2) is 9.52. The Morgan fingerprint density at radius 3 is 2.89 bits per heavy atom. The molecule has 1 amide bonds. The Kier molecular flexibility index (Phi) is 6.83. The van der Waals surface area contributed by atoms with Crippen LogP contribution in [0.5, 0.6) is 11.5 Å². The van der Waals surface area contributed by atoms with Crippen LogP contribution < -0.4 is 9.47 Å². The molecule has 0 spiro atoms. The summed E-state index contributed by atoms with van der Waals surface area (Å²) >= 11 is 1.32. The summed E-state index contributed by atoms with van der Waals surface area (Å²) in [7, 11) is 1.31.